The van der Waals surface area contributed by atoms with Gasteiger partial charge in [0.2, 0.25) is 17.2 Å². The highest BCUT2D eigenvalue weighted by molar-refractivity contribution is 7.33. The SMILES string of the molecule is Cc1cc2c3c(c1)N(c1ccc(C(C)(C)C)cc1)c1c(sc4ccc(C(C)(C)C)cc14)B3c1cc(C(C)(C)C)ccc1N2c1c(O)c(O)c(O)c(O)c1O. The van der Waals surface area contributed by atoms with Crippen LogP contribution in [0.3, 0.4) is 0 Å². The second kappa shape index (κ2) is 11.6. The maximum Gasteiger partial charge on any atom is 0.264 e. The highest BCUT2D eigenvalue weighted by Gasteiger charge is 2.47. The van der Waals surface area contributed by atoms with Crippen LogP contribution in [0, 0.1) is 6.92 Å². The Morgan fingerprint density at radius 3 is 1.59 bits per heavy atom. The van der Waals surface area contributed by atoms with E-state index in [1.807, 2.05) is 19.1 Å². The molecule has 0 saturated heterocycles. The third-order valence-corrected chi connectivity index (χ3v) is 12.3. The number of aromatic hydroxyl groups is 5. The number of fused-ring (bicyclic) bond motifs is 6. The number of anilines is 6. The fourth-order valence-corrected chi connectivity index (χ4v) is 9.36. The predicted molar refractivity (Wildman–Crippen MR) is 225 cm³/mol. The van der Waals surface area contributed by atoms with E-state index in [0.29, 0.717) is 11.4 Å². The smallest absolute Gasteiger partial charge is 0.264 e. The summed E-state index contributed by atoms with van der Waals surface area (Å²) in [4.78, 5) is 4.07. The first kappa shape index (κ1) is 35.7. The van der Waals surface area contributed by atoms with Crippen LogP contribution in [-0.4, -0.2) is 32.2 Å². The highest BCUT2D eigenvalue weighted by Crippen LogP contribution is 2.59. The molecule has 0 radical (unpaired) electrons. The van der Waals surface area contributed by atoms with Crippen LogP contribution >= 0.6 is 11.3 Å². The van der Waals surface area contributed by atoms with Crippen LogP contribution in [-0.2, 0) is 16.2 Å². The van der Waals surface area contributed by atoms with Crippen LogP contribution in [0.1, 0.15) is 84.6 Å². The van der Waals surface area contributed by atoms with Crippen molar-refractivity contribution in [3.05, 3.63) is 95.1 Å². The summed E-state index contributed by atoms with van der Waals surface area (Å²) in [7, 11) is 0. The number of thiophene rings is 1. The summed E-state index contributed by atoms with van der Waals surface area (Å²) in [6.45, 7) is 21.7. The number of benzene rings is 5. The minimum Gasteiger partial charge on any atom is -0.503 e. The molecule has 7 nitrogen and oxygen atoms in total. The van der Waals surface area contributed by atoms with Crippen LogP contribution in [0.15, 0.2) is 72.8 Å². The molecule has 9 heteroatoms. The summed E-state index contributed by atoms with van der Waals surface area (Å²) in [5.41, 5.74) is 10.4. The molecule has 0 atom stereocenters. The highest BCUT2D eigenvalue weighted by atomic mass is 32.1. The zero-order chi connectivity index (χ0) is 39.0. The molecular formula is C45H47BN2O5S. The van der Waals surface area contributed by atoms with Crippen LogP contribution in [0.2, 0.25) is 0 Å². The van der Waals surface area contributed by atoms with Crippen LogP contribution < -0.4 is 25.5 Å². The number of rotatable bonds is 2. The van der Waals surface area contributed by atoms with Gasteiger partial charge in [-0.05, 0) is 98.8 Å². The molecule has 8 rings (SSSR count). The summed E-state index contributed by atoms with van der Waals surface area (Å²) in [5.74, 6) is -4.32. The van der Waals surface area contributed by atoms with Crippen molar-refractivity contribution in [2.45, 2.75) is 85.5 Å². The molecule has 5 aromatic carbocycles. The van der Waals surface area contributed by atoms with Crippen molar-refractivity contribution in [1.29, 1.82) is 0 Å². The van der Waals surface area contributed by atoms with Crippen molar-refractivity contribution in [3.8, 4) is 28.7 Å². The maximum absolute atomic E-state index is 11.5. The Kier molecular flexibility index (Phi) is 7.69. The van der Waals surface area contributed by atoms with Gasteiger partial charge in [-0.1, -0.05) is 92.6 Å². The Morgan fingerprint density at radius 1 is 0.519 bits per heavy atom. The lowest BCUT2D eigenvalue weighted by atomic mass is 9.36. The van der Waals surface area contributed by atoms with Crippen LogP contribution in [0.25, 0.3) is 10.1 Å². The third-order valence-electron chi connectivity index (χ3n) is 11.1. The molecule has 2 aliphatic heterocycles. The fraction of sp³-hybridized carbons (Fsp3) is 0.289. The van der Waals surface area contributed by atoms with Crippen LogP contribution in [0.5, 0.6) is 28.7 Å². The van der Waals surface area contributed by atoms with Gasteiger partial charge in [0, 0.05) is 37.6 Å². The minimum absolute atomic E-state index is 0.0317. The minimum atomic E-state index is -0.993. The Bertz CT molecular complexity index is 2510. The van der Waals surface area contributed by atoms with Crippen molar-refractivity contribution in [2.75, 3.05) is 9.80 Å². The molecule has 54 heavy (non-hydrogen) atoms. The molecule has 0 amide bonds. The van der Waals surface area contributed by atoms with Gasteiger partial charge in [0.1, 0.15) is 5.69 Å². The van der Waals surface area contributed by atoms with E-state index in [0.717, 1.165) is 39.1 Å². The van der Waals surface area contributed by atoms with E-state index in [4.69, 9.17) is 0 Å². The van der Waals surface area contributed by atoms with Gasteiger partial charge in [0.15, 0.2) is 11.5 Å². The second-order valence-corrected chi connectivity index (χ2v) is 19.1. The molecule has 0 spiro atoms. The van der Waals surface area contributed by atoms with E-state index in [1.54, 1.807) is 16.2 Å². The average Bonchev–Trinajstić information content (AvgIpc) is 3.48. The van der Waals surface area contributed by atoms with E-state index in [-0.39, 0.29) is 28.6 Å². The molecular weight excluding hydrogens is 691 g/mol. The van der Waals surface area contributed by atoms with Gasteiger partial charge < -0.3 is 35.3 Å². The Morgan fingerprint density at radius 2 is 1.02 bits per heavy atom. The number of hydrogen-bond donors (Lipinski definition) is 5. The summed E-state index contributed by atoms with van der Waals surface area (Å²) in [5, 5.41) is 56.2. The van der Waals surface area contributed by atoms with E-state index >= 15 is 0 Å². The van der Waals surface area contributed by atoms with Gasteiger partial charge in [-0.25, -0.2) is 0 Å². The first-order chi connectivity index (χ1) is 25.2. The Hall–Kier alpha value is -5.28. The Labute approximate surface area is 321 Å². The number of phenolic OH excluding ortho intramolecular Hbond substituents is 5. The molecule has 3 heterocycles. The van der Waals surface area contributed by atoms with Gasteiger partial charge in [-0.3, -0.25) is 0 Å². The number of nitrogens with zero attached hydrogens (tertiary/aromatic N) is 2. The standard InChI is InChI=1S/C45H47BN2O5S/c1-23-19-31-34-32(20-23)48(36-37(49)39(51)41(53)40(52)38(36)50)30-17-13-26(45(8,9)10)22-29(30)46(34)42-35(28-21-25(44(5,6)7)14-18-33(28)54-42)47(31)27-15-11-24(12-16-27)43(2,3)4/h11-22,49-53H,1-10H3. The quantitative estimate of drug-likeness (QED) is 0.0683. The molecule has 2 aliphatic rings. The summed E-state index contributed by atoms with van der Waals surface area (Å²) in [6, 6.07) is 26.1. The number of phenols is 5. The lowest BCUT2D eigenvalue weighted by molar-refractivity contribution is 0.329. The summed E-state index contributed by atoms with van der Waals surface area (Å²) < 4.78 is 2.35. The van der Waals surface area contributed by atoms with E-state index in [9.17, 15) is 25.5 Å². The molecule has 0 bridgehead atoms. The molecule has 0 fully saturated rings. The van der Waals surface area contributed by atoms with E-state index in [2.05, 4.69) is 128 Å². The van der Waals surface area contributed by atoms with Crippen molar-refractivity contribution in [1.82, 2.24) is 0 Å². The van der Waals surface area contributed by atoms with Crippen LogP contribution in [0.4, 0.5) is 34.1 Å². The zero-order valence-electron chi connectivity index (χ0n) is 32.5. The summed E-state index contributed by atoms with van der Waals surface area (Å²) in [6.07, 6.45) is 0. The fourth-order valence-electron chi connectivity index (χ4n) is 8.06. The molecule has 5 N–H and O–H groups in total. The third kappa shape index (κ3) is 5.23. The van der Waals surface area contributed by atoms with Crippen molar-refractivity contribution >= 4 is 78.0 Å². The normalized spacial score (nSPS) is 14.0. The molecule has 0 unspecified atom stereocenters. The lowest BCUT2D eigenvalue weighted by Crippen LogP contribution is -2.60. The van der Waals surface area contributed by atoms with Gasteiger partial charge in [0.25, 0.3) is 6.71 Å². The Balaban J connectivity index is 1.53. The topological polar surface area (TPSA) is 108 Å². The lowest BCUT2D eigenvalue weighted by Gasteiger charge is -2.44. The number of hydrogen-bond acceptors (Lipinski definition) is 8. The van der Waals surface area contributed by atoms with Gasteiger partial charge >= 0.3 is 0 Å². The van der Waals surface area contributed by atoms with Gasteiger partial charge in [0.05, 0.1) is 5.69 Å². The largest absolute Gasteiger partial charge is 0.503 e. The summed E-state index contributed by atoms with van der Waals surface area (Å²) >= 11 is 1.78. The van der Waals surface area contributed by atoms with Crippen molar-refractivity contribution < 1.29 is 25.5 Å². The molecule has 0 saturated carbocycles. The second-order valence-electron chi connectivity index (χ2n) is 18.0. The molecule has 6 aromatic rings. The molecule has 276 valence electrons. The molecule has 0 aliphatic carbocycles. The first-order valence-electron chi connectivity index (χ1n) is 18.4. The van der Waals surface area contributed by atoms with E-state index in [1.165, 1.54) is 26.0 Å². The van der Waals surface area contributed by atoms with E-state index < -0.39 is 28.7 Å². The van der Waals surface area contributed by atoms with Gasteiger partial charge in [-0.15, -0.1) is 11.3 Å². The number of aryl methyl sites for hydroxylation is 1. The predicted octanol–water partition coefficient (Wildman–Crippen LogP) is 9.71. The zero-order valence-corrected chi connectivity index (χ0v) is 33.4. The first-order valence-corrected chi connectivity index (χ1v) is 19.3. The maximum atomic E-state index is 11.5. The van der Waals surface area contributed by atoms with Crippen molar-refractivity contribution in [3.63, 3.8) is 0 Å². The molecule has 1 aromatic heterocycles. The van der Waals surface area contributed by atoms with Crippen molar-refractivity contribution in [2.24, 2.45) is 0 Å². The monoisotopic (exact) mass is 738 g/mol. The average molecular weight is 739 g/mol. The van der Waals surface area contributed by atoms with Gasteiger partial charge in [-0.2, -0.15) is 0 Å².